The van der Waals surface area contributed by atoms with Crippen LogP contribution in [0.25, 0.3) is 0 Å². The van der Waals surface area contributed by atoms with Crippen LogP contribution in [0.15, 0.2) is 24.2 Å². The first-order chi connectivity index (χ1) is 16.1. The lowest BCUT2D eigenvalue weighted by Crippen LogP contribution is -2.43. The number of benzene rings is 1. The van der Waals surface area contributed by atoms with Gasteiger partial charge < -0.3 is 15.3 Å². The van der Waals surface area contributed by atoms with Gasteiger partial charge in [-0.05, 0) is 23.4 Å². The Kier molecular flexibility index (Phi) is 3.32. The summed E-state index contributed by atoms with van der Waals surface area (Å²) in [6.07, 6.45) is -6.42. The van der Waals surface area contributed by atoms with Crippen molar-refractivity contribution in [3.63, 3.8) is 0 Å². The van der Waals surface area contributed by atoms with E-state index in [-0.39, 0.29) is 4.90 Å². The van der Waals surface area contributed by atoms with Crippen LogP contribution in [0.2, 0.25) is 0 Å². The van der Waals surface area contributed by atoms with Crippen molar-refractivity contribution in [2.75, 3.05) is 13.5 Å². The first kappa shape index (κ1) is 10.2. The number of aliphatic hydroxyl groups is 1. The number of nitrogens with one attached hydrogen (secondary N) is 1. The lowest BCUT2D eigenvalue weighted by molar-refractivity contribution is -0.137. The maximum atomic E-state index is 13.3. The minimum atomic E-state index is -3.24. The molecule has 6 nitrogen and oxygen atoms in total. The molecule has 0 aromatic heterocycles. The van der Waals surface area contributed by atoms with Crippen molar-refractivity contribution < 1.29 is 33.2 Å². The molecular weight excluding hydrogens is 332 g/mol. The van der Waals surface area contributed by atoms with Gasteiger partial charge in [0.25, 0.3) is 0 Å². The lowest BCUT2D eigenvalue weighted by atomic mass is 9.94. The molecule has 2 N–H and O–H groups in total. The molecule has 1 aliphatic heterocycles. The van der Waals surface area contributed by atoms with Crippen LogP contribution >= 0.6 is 0 Å². The van der Waals surface area contributed by atoms with Gasteiger partial charge in [-0.2, -0.15) is 0 Å². The smallest absolute Gasteiger partial charge is 0.249 e. The number of carbonyl (C=O) groups excluding carboxylic acids is 3. The Balaban J connectivity index is 2.73. The number of Topliss-reactive ketones (excluding diaryl/α,β-unsaturated/α-hetero) is 1. The van der Waals surface area contributed by atoms with Crippen LogP contribution in [0.4, 0.5) is 0 Å². The van der Waals surface area contributed by atoms with Crippen LogP contribution in [0, 0.1) is 11.8 Å². The summed E-state index contributed by atoms with van der Waals surface area (Å²) in [6, 6.07) is -7.01. The summed E-state index contributed by atoms with van der Waals surface area (Å²) in [5, 5.41) is 12.1. The van der Waals surface area contributed by atoms with Crippen molar-refractivity contribution in [1.82, 2.24) is 10.2 Å². The molecule has 2 rings (SSSR count). The first-order valence-electron chi connectivity index (χ1n) is 13.1. The molecule has 0 saturated heterocycles. The Morgan fingerprint density at radius 2 is 2.12 bits per heavy atom. The largest absolute Gasteiger partial charge is 0.385 e. The van der Waals surface area contributed by atoms with Crippen molar-refractivity contribution in [2.24, 2.45) is 11.8 Å². The van der Waals surface area contributed by atoms with Gasteiger partial charge in [0.2, 0.25) is 11.8 Å². The molecule has 0 saturated carbocycles. The maximum Gasteiger partial charge on any atom is 0.249 e. The molecule has 0 unspecified atom stereocenters. The molecule has 1 aromatic carbocycles. The predicted molar refractivity (Wildman–Crippen MR) is 98.3 cm³/mol. The number of amides is 2. The van der Waals surface area contributed by atoms with E-state index in [2.05, 4.69) is 0 Å². The molecule has 3 atom stereocenters. The van der Waals surface area contributed by atoms with E-state index in [1.807, 2.05) is 5.32 Å². The van der Waals surface area contributed by atoms with Gasteiger partial charge in [-0.1, -0.05) is 44.9 Å². The summed E-state index contributed by atoms with van der Waals surface area (Å²) in [4.78, 5) is 39.0. The van der Waals surface area contributed by atoms with Crippen LogP contribution in [0.1, 0.15) is 58.0 Å². The Morgan fingerprint density at radius 1 is 1.46 bits per heavy atom. The van der Waals surface area contributed by atoms with Crippen LogP contribution in [-0.4, -0.2) is 47.2 Å². The Bertz CT molecular complexity index is 1120. The standard InChI is InChI=1S/C20H28N2O4/c1-12(2)18(24)16(23)11-13(3)19(25)21-17-15-8-6-5-7-14(15)9-10-22(4)20(17)26/h5-8,12-13,17-18,24H,9-11H2,1-4H3,(H,21,25)/t13-,17+,18+/m1/s1/i5D,6D,7D,8D,9D2,10D2,17D,18D. The zero-order valence-corrected chi connectivity index (χ0v) is 15.0. The number of nitrogens with zero attached hydrogens (tertiary/aromatic N) is 1. The fourth-order valence-electron chi connectivity index (χ4n) is 2.22. The molecule has 1 heterocycles. The van der Waals surface area contributed by atoms with Gasteiger partial charge in [0.05, 0.1) is 8.22 Å². The Morgan fingerprint density at radius 3 is 2.77 bits per heavy atom. The number of carbonyl (C=O) groups is 3. The van der Waals surface area contributed by atoms with Crippen LogP contribution < -0.4 is 5.32 Å². The average molecular weight is 371 g/mol. The molecule has 0 aliphatic carbocycles. The van der Waals surface area contributed by atoms with E-state index in [0.29, 0.717) is 0 Å². The van der Waals surface area contributed by atoms with Crippen LogP contribution in [-0.2, 0) is 20.8 Å². The molecule has 2 amide bonds. The highest BCUT2D eigenvalue weighted by Crippen LogP contribution is 2.25. The van der Waals surface area contributed by atoms with E-state index in [1.54, 1.807) is 0 Å². The van der Waals surface area contributed by atoms with Gasteiger partial charge in [0, 0.05) is 31.4 Å². The lowest BCUT2D eigenvalue weighted by Gasteiger charge is -2.24. The molecule has 26 heavy (non-hydrogen) atoms. The minimum absolute atomic E-state index is 0.212. The molecule has 6 heteroatoms. The van der Waals surface area contributed by atoms with E-state index < -0.39 is 96.1 Å². The van der Waals surface area contributed by atoms with E-state index in [4.69, 9.17) is 13.7 Å². The third kappa shape index (κ3) is 4.49. The van der Waals surface area contributed by atoms with Gasteiger partial charge in [-0.25, -0.2) is 0 Å². The number of fused-ring (bicyclic) bond motifs is 1. The number of ketones is 1. The van der Waals surface area contributed by atoms with E-state index >= 15 is 0 Å². The summed E-state index contributed by atoms with van der Waals surface area (Å²) >= 11 is 0. The van der Waals surface area contributed by atoms with E-state index in [0.717, 1.165) is 7.05 Å². The third-order valence-corrected chi connectivity index (χ3v) is 3.82. The SMILES string of the molecule is [2H]c1c([2H])c([2H])c2c(c1[2H])C([2H])([2H])C([2H])([2H])N(C)C(=O)[C@@]2([2H])NC(=O)[C@H](C)CC(=O)[C@@]([2H])(O)C(C)C. The van der Waals surface area contributed by atoms with Gasteiger partial charge in [-0.15, -0.1) is 0 Å². The second-order valence-electron chi connectivity index (χ2n) is 6.28. The average Bonchev–Trinajstić information content (AvgIpc) is 2.79. The number of rotatable bonds is 6. The highest BCUT2D eigenvalue weighted by atomic mass is 16.3. The highest BCUT2D eigenvalue weighted by molar-refractivity contribution is 5.92. The normalized spacial score (nSPS) is 33.0. The molecule has 0 fully saturated rings. The van der Waals surface area contributed by atoms with Crippen LogP contribution in [0.3, 0.4) is 0 Å². The van der Waals surface area contributed by atoms with Crippen molar-refractivity contribution >= 4 is 17.6 Å². The summed E-state index contributed by atoms with van der Waals surface area (Å²) in [6.45, 7) is 0.837. The minimum Gasteiger partial charge on any atom is -0.385 e. The fraction of sp³-hybridized carbons (Fsp3) is 0.550. The molecule has 142 valence electrons. The maximum absolute atomic E-state index is 13.3. The number of likely N-dealkylation sites (N-methyl/N-ethyl adjacent to an activating group) is 1. The number of hydrogen-bond acceptors (Lipinski definition) is 4. The van der Waals surface area contributed by atoms with Crippen LogP contribution in [0.5, 0.6) is 0 Å². The van der Waals surface area contributed by atoms with Gasteiger partial charge in [0.15, 0.2) is 5.78 Å². The first-order valence-corrected chi connectivity index (χ1v) is 8.05. The Hall–Kier alpha value is -2.21. The van der Waals surface area contributed by atoms with Gasteiger partial charge in [-0.3, -0.25) is 14.4 Å². The second-order valence-corrected chi connectivity index (χ2v) is 6.28. The van der Waals surface area contributed by atoms with E-state index in [9.17, 15) is 19.5 Å². The van der Waals surface area contributed by atoms with E-state index in [1.165, 1.54) is 20.8 Å². The monoisotopic (exact) mass is 370 g/mol. The topological polar surface area (TPSA) is 86.7 Å². The van der Waals surface area contributed by atoms with Gasteiger partial charge >= 0.3 is 0 Å². The van der Waals surface area contributed by atoms with Crippen molar-refractivity contribution in [3.05, 3.63) is 35.3 Å². The molecule has 0 bridgehead atoms. The molecule has 0 spiro atoms. The summed E-state index contributed by atoms with van der Waals surface area (Å²) in [7, 11) is 0.827. The zero-order valence-electron chi connectivity index (χ0n) is 25.0. The summed E-state index contributed by atoms with van der Waals surface area (Å²) in [5.41, 5.74) is -1.97. The van der Waals surface area contributed by atoms with Crippen molar-refractivity contribution in [2.45, 2.75) is 45.7 Å². The highest BCUT2D eigenvalue weighted by Gasteiger charge is 2.32. The molecule has 0 radical (unpaired) electrons. The molecule has 1 aromatic rings. The molecular formula is C20H28N2O4. The predicted octanol–water partition coefficient (Wildman–Crippen LogP) is 1.47. The fourth-order valence-corrected chi connectivity index (χ4v) is 2.22. The third-order valence-electron chi connectivity index (χ3n) is 3.82. The quantitative estimate of drug-likeness (QED) is 0.794. The van der Waals surface area contributed by atoms with Crippen molar-refractivity contribution in [3.8, 4) is 0 Å². The number of hydrogen-bond donors (Lipinski definition) is 2. The summed E-state index contributed by atoms with van der Waals surface area (Å²) < 4.78 is 82.2. The summed E-state index contributed by atoms with van der Waals surface area (Å²) in [5.74, 6) is -5.83. The van der Waals surface area contributed by atoms with Gasteiger partial charge in [0.1, 0.15) is 12.1 Å². The molecule has 1 aliphatic rings. The second kappa shape index (κ2) is 8.45. The zero-order chi connectivity index (χ0) is 28.3. The Labute approximate surface area is 168 Å². The van der Waals surface area contributed by atoms with Crippen molar-refractivity contribution in [1.29, 1.82) is 0 Å².